The lowest BCUT2D eigenvalue weighted by atomic mass is 9.84. The third-order valence-electron chi connectivity index (χ3n) is 14.2. The van der Waals surface area contributed by atoms with Crippen molar-refractivity contribution in [2.75, 3.05) is 20.6 Å². The van der Waals surface area contributed by atoms with Crippen LogP contribution in [0.15, 0.2) is 0 Å². The van der Waals surface area contributed by atoms with Crippen LogP contribution >= 0.6 is 0 Å². The van der Waals surface area contributed by atoms with E-state index in [0.29, 0.717) is 5.54 Å². The smallest absolute Gasteiger partial charge is 0.0959 e. The molecule has 0 saturated carbocycles. The van der Waals surface area contributed by atoms with Gasteiger partial charge in [0.05, 0.1) is 26.2 Å². The molecule has 0 bridgehead atoms. The highest BCUT2D eigenvalue weighted by Gasteiger charge is 2.39. The minimum absolute atomic E-state index is 0. The van der Waals surface area contributed by atoms with E-state index < -0.39 is 0 Å². The molecule has 0 aliphatic heterocycles. The van der Waals surface area contributed by atoms with Gasteiger partial charge in [0.2, 0.25) is 0 Å². The molecular formula is C54H112ClN. The fourth-order valence-electron chi connectivity index (χ4n) is 9.46. The highest BCUT2D eigenvalue weighted by Crippen LogP contribution is 2.34. The lowest BCUT2D eigenvalue weighted by molar-refractivity contribution is -0.941. The number of unbranched alkanes of at least 4 members (excludes halogenated alkanes) is 41. The summed E-state index contributed by atoms with van der Waals surface area (Å²) < 4.78 is 1.25. The van der Waals surface area contributed by atoms with Gasteiger partial charge in [-0.05, 0) is 32.6 Å². The van der Waals surface area contributed by atoms with Gasteiger partial charge in [-0.2, -0.15) is 0 Å². The van der Waals surface area contributed by atoms with Gasteiger partial charge in [-0.3, -0.25) is 0 Å². The lowest BCUT2D eigenvalue weighted by Crippen LogP contribution is -3.00. The summed E-state index contributed by atoms with van der Waals surface area (Å²) in [5.74, 6) is 0. The van der Waals surface area contributed by atoms with Crippen LogP contribution in [0.4, 0.5) is 0 Å². The molecule has 0 aliphatic rings. The van der Waals surface area contributed by atoms with Crippen molar-refractivity contribution in [3.05, 3.63) is 0 Å². The van der Waals surface area contributed by atoms with Crippen molar-refractivity contribution in [1.82, 2.24) is 0 Å². The Labute approximate surface area is 364 Å². The maximum Gasteiger partial charge on any atom is 0.0959 e. The van der Waals surface area contributed by atoms with Crippen LogP contribution in [0.2, 0.25) is 0 Å². The average molecular weight is 811 g/mol. The Morgan fingerprint density at radius 2 is 0.411 bits per heavy atom. The third-order valence-corrected chi connectivity index (χ3v) is 14.2. The van der Waals surface area contributed by atoms with Crippen LogP contribution < -0.4 is 12.4 Å². The molecular weight excluding hydrogens is 698 g/mol. The molecule has 0 amide bonds. The summed E-state index contributed by atoms with van der Waals surface area (Å²) in [6.07, 6.45) is 67.3. The fraction of sp³-hybridized carbons (Fsp3) is 1.00. The molecule has 2 heteroatoms. The minimum Gasteiger partial charge on any atom is -1.00 e. The summed E-state index contributed by atoms with van der Waals surface area (Å²) in [7, 11) is 5.22. The second kappa shape index (κ2) is 46.3. The van der Waals surface area contributed by atoms with Crippen LogP contribution in [0.1, 0.15) is 323 Å². The van der Waals surface area contributed by atoms with Crippen LogP contribution in [0.5, 0.6) is 0 Å². The van der Waals surface area contributed by atoms with E-state index >= 15 is 0 Å². The molecule has 0 N–H and O–H groups in total. The van der Waals surface area contributed by atoms with Crippen molar-refractivity contribution in [2.24, 2.45) is 0 Å². The van der Waals surface area contributed by atoms with Crippen LogP contribution in [-0.2, 0) is 0 Å². The summed E-state index contributed by atoms with van der Waals surface area (Å²) >= 11 is 0. The van der Waals surface area contributed by atoms with Gasteiger partial charge < -0.3 is 16.9 Å². The first kappa shape index (κ1) is 58.3. The van der Waals surface area contributed by atoms with Crippen LogP contribution in [0.25, 0.3) is 0 Å². The van der Waals surface area contributed by atoms with Crippen molar-refractivity contribution in [3.8, 4) is 0 Å². The highest BCUT2D eigenvalue weighted by atomic mass is 35.5. The number of hydrogen-bond donors (Lipinski definition) is 0. The van der Waals surface area contributed by atoms with Crippen LogP contribution in [0.3, 0.4) is 0 Å². The van der Waals surface area contributed by atoms with Crippen molar-refractivity contribution in [3.63, 3.8) is 0 Å². The minimum atomic E-state index is 0. The van der Waals surface area contributed by atoms with E-state index in [1.807, 2.05) is 0 Å². The van der Waals surface area contributed by atoms with Crippen LogP contribution in [0, 0.1) is 0 Å². The molecule has 0 saturated heterocycles. The van der Waals surface area contributed by atoms with E-state index in [2.05, 4.69) is 41.8 Å². The van der Waals surface area contributed by atoms with Gasteiger partial charge in [0, 0.05) is 12.8 Å². The van der Waals surface area contributed by atoms with E-state index in [1.54, 1.807) is 0 Å². The summed E-state index contributed by atoms with van der Waals surface area (Å²) in [4.78, 5) is 0. The van der Waals surface area contributed by atoms with E-state index in [4.69, 9.17) is 0 Å². The first-order valence-corrected chi connectivity index (χ1v) is 26.8. The van der Waals surface area contributed by atoms with Gasteiger partial charge in [-0.15, -0.1) is 0 Å². The fourth-order valence-corrected chi connectivity index (χ4v) is 9.46. The number of halogens is 1. The predicted octanol–water partition coefficient (Wildman–Crippen LogP) is 16.8. The van der Waals surface area contributed by atoms with Gasteiger partial charge >= 0.3 is 0 Å². The van der Waals surface area contributed by atoms with Crippen LogP contribution in [-0.4, -0.2) is 30.7 Å². The Morgan fingerprint density at radius 1 is 0.250 bits per heavy atom. The molecule has 0 fully saturated rings. The predicted molar refractivity (Wildman–Crippen MR) is 255 cm³/mol. The average Bonchev–Trinajstić information content (AvgIpc) is 3.18. The maximum absolute atomic E-state index is 2.70. The lowest BCUT2D eigenvalue weighted by Gasteiger charge is -2.47. The molecule has 0 aromatic rings. The molecule has 0 rings (SSSR count). The Hall–Kier alpha value is 0.250. The molecule has 0 radical (unpaired) electrons. The quantitative estimate of drug-likeness (QED) is 0.0424. The first-order chi connectivity index (χ1) is 26.9. The van der Waals surface area contributed by atoms with E-state index in [0.717, 1.165) is 0 Å². The van der Waals surface area contributed by atoms with Crippen molar-refractivity contribution in [2.45, 2.75) is 329 Å². The zero-order valence-corrected chi connectivity index (χ0v) is 41.3. The topological polar surface area (TPSA) is 0 Å². The molecule has 0 aromatic heterocycles. The molecule has 0 unspecified atom stereocenters. The first-order valence-electron chi connectivity index (χ1n) is 26.8. The SMILES string of the molecule is CCCCCCCCCCCCCCCCCC[N+](C)(C)C(C)(CCCCCCCCCCCCCCCC)CCCCCCCCCCCCCCCC.[Cl-]. The van der Waals surface area contributed by atoms with Gasteiger partial charge in [0.25, 0.3) is 0 Å². The van der Waals surface area contributed by atoms with E-state index in [9.17, 15) is 0 Å². The maximum atomic E-state index is 2.70. The highest BCUT2D eigenvalue weighted by molar-refractivity contribution is 4.77. The Balaban J connectivity index is 0. The third kappa shape index (κ3) is 39.7. The van der Waals surface area contributed by atoms with Gasteiger partial charge in [-0.1, -0.05) is 278 Å². The number of quaternary nitrogens is 1. The van der Waals surface area contributed by atoms with Crippen molar-refractivity contribution < 1.29 is 16.9 Å². The zero-order chi connectivity index (χ0) is 40.2. The van der Waals surface area contributed by atoms with E-state index in [-0.39, 0.29) is 12.4 Å². The summed E-state index contributed by atoms with van der Waals surface area (Å²) in [6, 6.07) is 0. The van der Waals surface area contributed by atoms with Gasteiger partial charge in [-0.25, -0.2) is 0 Å². The largest absolute Gasteiger partial charge is 1.00 e. The summed E-state index contributed by atoms with van der Waals surface area (Å²) in [5.41, 5.74) is 0.448. The molecule has 0 spiro atoms. The number of hydrogen-bond acceptors (Lipinski definition) is 0. The molecule has 340 valence electrons. The normalized spacial score (nSPS) is 12.1. The number of rotatable bonds is 48. The second-order valence-corrected chi connectivity index (χ2v) is 19.9. The van der Waals surface area contributed by atoms with Crippen molar-refractivity contribution in [1.29, 1.82) is 0 Å². The molecule has 0 aromatic carbocycles. The van der Waals surface area contributed by atoms with E-state index in [1.165, 1.54) is 306 Å². The summed E-state index contributed by atoms with van der Waals surface area (Å²) in [5, 5.41) is 0. The summed E-state index contributed by atoms with van der Waals surface area (Å²) in [6.45, 7) is 11.0. The molecule has 0 atom stereocenters. The second-order valence-electron chi connectivity index (χ2n) is 19.9. The van der Waals surface area contributed by atoms with Gasteiger partial charge in [0.15, 0.2) is 0 Å². The van der Waals surface area contributed by atoms with Crippen molar-refractivity contribution >= 4 is 0 Å². The molecule has 1 nitrogen and oxygen atoms in total. The standard InChI is InChI=1S/C54H112N.ClH/c1-7-10-13-16-19-22-25-28-31-32-35-38-41-44-47-50-53-55(5,6)54(4,51-48-45-42-39-36-33-29-26-23-20-17-14-11-8-2)52-49-46-43-40-37-34-30-27-24-21-18-15-12-9-3;/h7-53H2,1-6H3;1H/q+1;/p-1. The van der Waals surface area contributed by atoms with Gasteiger partial charge in [0.1, 0.15) is 0 Å². The molecule has 0 aliphatic carbocycles. The molecule has 0 heterocycles. The number of nitrogens with zero attached hydrogens (tertiary/aromatic N) is 1. The Kier molecular flexibility index (Phi) is 48.3. The molecule has 56 heavy (non-hydrogen) atoms. The Bertz CT molecular complexity index is 671. The Morgan fingerprint density at radius 3 is 0.607 bits per heavy atom. The zero-order valence-electron chi connectivity index (χ0n) is 40.6. The monoisotopic (exact) mass is 810 g/mol.